The van der Waals surface area contributed by atoms with Gasteiger partial charge in [0.1, 0.15) is 11.8 Å². The van der Waals surface area contributed by atoms with Gasteiger partial charge in [-0.1, -0.05) is 0 Å². The number of rotatable bonds is 2. The van der Waals surface area contributed by atoms with Gasteiger partial charge in [0, 0.05) is 5.56 Å². The van der Waals surface area contributed by atoms with E-state index in [4.69, 9.17) is 4.42 Å². The van der Waals surface area contributed by atoms with Crippen molar-refractivity contribution < 1.29 is 9.21 Å². The van der Waals surface area contributed by atoms with Crippen LogP contribution in [-0.4, -0.2) is 6.29 Å². The van der Waals surface area contributed by atoms with E-state index < -0.39 is 0 Å². The van der Waals surface area contributed by atoms with Crippen molar-refractivity contribution in [2.75, 3.05) is 0 Å². The molecule has 3 heteroatoms. The summed E-state index contributed by atoms with van der Waals surface area (Å²) >= 11 is 0. The molecular weight excluding hydrogens is 286 g/mol. The number of carbonyl (C=O) groups excluding carboxylic acids is 1. The average molecular weight is 305 g/mol. The summed E-state index contributed by atoms with van der Waals surface area (Å²) in [5.41, 5.74) is 7.17. The SMILES string of the molecule is N#Cc1c2c(c3c(c1-c1ccc(C=O)o1)CCCC3)CCCC2. The number of fused-ring (bicyclic) bond motifs is 3. The molecule has 4 rings (SSSR count). The maximum atomic E-state index is 11.0. The van der Waals surface area contributed by atoms with E-state index in [0.717, 1.165) is 55.9 Å². The summed E-state index contributed by atoms with van der Waals surface area (Å²) in [6.45, 7) is 0. The molecule has 3 nitrogen and oxygen atoms in total. The third-order valence-corrected chi connectivity index (χ3v) is 5.25. The fraction of sp³-hybridized carbons (Fsp3) is 0.400. The van der Waals surface area contributed by atoms with Crippen LogP contribution in [0.25, 0.3) is 11.3 Å². The lowest BCUT2D eigenvalue weighted by molar-refractivity contribution is 0.110. The van der Waals surface area contributed by atoms with E-state index in [2.05, 4.69) is 6.07 Å². The van der Waals surface area contributed by atoms with E-state index in [9.17, 15) is 10.1 Å². The zero-order chi connectivity index (χ0) is 15.8. The summed E-state index contributed by atoms with van der Waals surface area (Å²) in [7, 11) is 0. The Bertz CT molecular complexity index is 823. The molecular formula is C20H19NO2. The average Bonchev–Trinajstić information content (AvgIpc) is 3.09. The number of nitriles is 1. The van der Waals surface area contributed by atoms with Crippen molar-refractivity contribution in [2.45, 2.75) is 51.4 Å². The van der Waals surface area contributed by atoms with Gasteiger partial charge in [-0.25, -0.2) is 0 Å². The summed E-state index contributed by atoms with van der Waals surface area (Å²) in [5, 5.41) is 9.84. The molecule has 23 heavy (non-hydrogen) atoms. The fourth-order valence-electron chi connectivity index (χ4n) is 4.28. The van der Waals surface area contributed by atoms with E-state index in [0.29, 0.717) is 11.5 Å². The third-order valence-electron chi connectivity index (χ3n) is 5.25. The highest BCUT2D eigenvalue weighted by Gasteiger charge is 2.28. The zero-order valence-corrected chi connectivity index (χ0v) is 13.2. The minimum absolute atomic E-state index is 0.325. The van der Waals surface area contributed by atoms with Crippen molar-refractivity contribution in [3.8, 4) is 17.4 Å². The Labute approximate surface area is 135 Å². The van der Waals surface area contributed by atoms with Gasteiger partial charge in [-0.15, -0.1) is 0 Å². The quantitative estimate of drug-likeness (QED) is 0.773. The first-order chi connectivity index (χ1) is 11.3. The summed E-state index contributed by atoms with van der Waals surface area (Å²) in [6.07, 6.45) is 9.68. The number of carbonyl (C=O) groups is 1. The van der Waals surface area contributed by atoms with Crippen molar-refractivity contribution in [2.24, 2.45) is 0 Å². The fourth-order valence-corrected chi connectivity index (χ4v) is 4.28. The largest absolute Gasteiger partial charge is 0.453 e. The Morgan fingerprint density at radius 3 is 2.13 bits per heavy atom. The van der Waals surface area contributed by atoms with E-state index in [1.807, 2.05) is 6.07 Å². The molecule has 2 aliphatic carbocycles. The highest BCUT2D eigenvalue weighted by atomic mass is 16.3. The molecule has 0 atom stereocenters. The Morgan fingerprint density at radius 1 is 0.913 bits per heavy atom. The molecule has 2 aromatic rings. The second-order valence-electron chi connectivity index (χ2n) is 6.51. The van der Waals surface area contributed by atoms with E-state index >= 15 is 0 Å². The van der Waals surface area contributed by atoms with Crippen LogP contribution in [0, 0.1) is 11.3 Å². The van der Waals surface area contributed by atoms with Gasteiger partial charge in [-0.05, 0) is 85.8 Å². The summed E-state index contributed by atoms with van der Waals surface area (Å²) in [5.74, 6) is 1.00. The van der Waals surface area contributed by atoms with Gasteiger partial charge >= 0.3 is 0 Å². The number of aldehydes is 1. The van der Waals surface area contributed by atoms with E-state index in [1.54, 1.807) is 6.07 Å². The molecule has 0 radical (unpaired) electrons. The Balaban J connectivity index is 2.03. The molecule has 0 bridgehead atoms. The van der Waals surface area contributed by atoms with Gasteiger partial charge in [-0.3, -0.25) is 4.79 Å². The lowest BCUT2D eigenvalue weighted by atomic mass is 9.75. The number of hydrogen-bond donors (Lipinski definition) is 0. The summed E-state index contributed by atoms with van der Waals surface area (Å²) in [6, 6.07) is 5.98. The molecule has 1 aromatic heterocycles. The summed E-state index contributed by atoms with van der Waals surface area (Å²) in [4.78, 5) is 11.0. The first kappa shape index (κ1) is 14.3. The highest BCUT2D eigenvalue weighted by Crippen LogP contribution is 2.42. The van der Waals surface area contributed by atoms with Crippen LogP contribution in [0.2, 0.25) is 0 Å². The van der Waals surface area contributed by atoms with Crippen LogP contribution >= 0.6 is 0 Å². The molecule has 1 aromatic carbocycles. The third kappa shape index (κ3) is 2.21. The van der Waals surface area contributed by atoms with Crippen LogP contribution in [0.5, 0.6) is 0 Å². The molecule has 0 aliphatic heterocycles. The predicted octanol–water partition coefficient (Wildman–Crippen LogP) is 4.39. The molecule has 0 saturated heterocycles. The van der Waals surface area contributed by atoms with Gasteiger partial charge in [0.25, 0.3) is 0 Å². The first-order valence-corrected chi connectivity index (χ1v) is 8.48. The van der Waals surface area contributed by atoms with Gasteiger partial charge < -0.3 is 4.42 Å². The van der Waals surface area contributed by atoms with Gasteiger partial charge in [-0.2, -0.15) is 5.26 Å². The zero-order valence-electron chi connectivity index (χ0n) is 13.2. The molecule has 0 spiro atoms. The van der Waals surface area contributed by atoms with E-state index in [-0.39, 0.29) is 0 Å². The van der Waals surface area contributed by atoms with Gasteiger partial charge in [0.05, 0.1) is 5.56 Å². The molecule has 116 valence electrons. The lowest BCUT2D eigenvalue weighted by Crippen LogP contribution is -2.16. The predicted molar refractivity (Wildman–Crippen MR) is 87.5 cm³/mol. The van der Waals surface area contributed by atoms with Crippen LogP contribution in [0.15, 0.2) is 16.5 Å². The van der Waals surface area contributed by atoms with Crippen LogP contribution in [0.1, 0.15) is 64.1 Å². The van der Waals surface area contributed by atoms with Crippen molar-refractivity contribution in [3.05, 3.63) is 45.7 Å². The second kappa shape index (κ2) is 5.70. The molecule has 1 heterocycles. The smallest absolute Gasteiger partial charge is 0.185 e. The number of furan rings is 1. The van der Waals surface area contributed by atoms with Crippen molar-refractivity contribution in [3.63, 3.8) is 0 Å². The van der Waals surface area contributed by atoms with Crippen molar-refractivity contribution >= 4 is 6.29 Å². The molecule has 2 aliphatic rings. The van der Waals surface area contributed by atoms with Gasteiger partial charge in [0.2, 0.25) is 0 Å². The normalized spacial score (nSPS) is 16.3. The first-order valence-electron chi connectivity index (χ1n) is 8.48. The topological polar surface area (TPSA) is 54.0 Å². The number of nitrogens with zero attached hydrogens (tertiary/aromatic N) is 1. The van der Waals surface area contributed by atoms with E-state index in [1.165, 1.54) is 35.1 Å². The molecule has 0 unspecified atom stereocenters. The van der Waals surface area contributed by atoms with Crippen molar-refractivity contribution in [1.29, 1.82) is 5.26 Å². The minimum Gasteiger partial charge on any atom is -0.453 e. The van der Waals surface area contributed by atoms with Crippen molar-refractivity contribution in [1.82, 2.24) is 0 Å². The van der Waals surface area contributed by atoms with Gasteiger partial charge in [0.15, 0.2) is 12.0 Å². The van der Waals surface area contributed by atoms with Crippen LogP contribution in [-0.2, 0) is 25.7 Å². The maximum Gasteiger partial charge on any atom is 0.185 e. The van der Waals surface area contributed by atoms with Crippen LogP contribution in [0.3, 0.4) is 0 Å². The standard InChI is InChI=1S/C20H19NO2/c21-11-18-16-7-2-1-5-14(16)15-6-3-4-8-17(15)20(18)19-10-9-13(12-22)23-19/h9-10,12H,1-8H2. The Kier molecular flexibility index (Phi) is 3.53. The maximum absolute atomic E-state index is 11.0. The van der Waals surface area contributed by atoms with Crippen LogP contribution in [0.4, 0.5) is 0 Å². The molecule has 0 fully saturated rings. The lowest BCUT2D eigenvalue weighted by Gasteiger charge is -2.28. The Hall–Kier alpha value is -2.34. The highest BCUT2D eigenvalue weighted by molar-refractivity contribution is 5.79. The second-order valence-corrected chi connectivity index (χ2v) is 6.51. The summed E-state index contributed by atoms with van der Waals surface area (Å²) < 4.78 is 5.70. The minimum atomic E-state index is 0.325. The Morgan fingerprint density at radius 2 is 1.52 bits per heavy atom. The monoisotopic (exact) mass is 305 g/mol. The molecule has 0 N–H and O–H groups in total. The molecule has 0 amide bonds. The van der Waals surface area contributed by atoms with Crippen LogP contribution < -0.4 is 0 Å². The number of hydrogen-bond acceptors (Lipinski definition) is 3. The number of benzene rings is 1. The molecule has 0 saturated carbocycles.